The van der Waals surface area contributed by atoms with Gasteiger partial charge in [0.05, 0.1) is 0 Å². The van der Waals surface area contributed by atoms with Crippen molar-refractivity contribution in [1.82, 2.24) is 0 Å². The average molecular weight is 290 g/mol. The highest BCUT2D eigenvalue weighted by atomic mass is 35.5. The molecular formula is C16H16ClNO2. The first-order valence-electron chi connectivity index (χ1n) is 6.26. The van der Waals surface area contributed by atoms with Crippen LogP contribution >= 0.6 is 11.6 Å². The fraction of sp³-hybridized carbons (Fsp3) is 0.188. The van der Waals surface area contributed by atoms with Gasteiger partial charge in [0.2, 0.25) is 0 Å². The Morgan fingerprint density at radius 3 is 2.40 bits per heavy atom. The Hall–Kier alpha value is -2.00. The average Bonchev–Trinajstić information content (AvgIpc) is 2.41. The maximum absolute atomic E-state index is 11.7. The summed E-state index contributed by atoms with van der Waals surface area (Å²) in [7, 11) is 0. The van der Waals surface area contributed by atoms with Gasteiger partial charge < -0.3 is 10.4 Å². The maximum atomic E-state index is 11.7. The molecule has 3 nitrogen and oxygen atoms in total. The number of aliphatic carboxylic acids is 1. The van der Waals surface area contributed by atoms with Gasteiger partial charge in [-0.15, -0.1) is 0 Å². The number of halogens is 1. The number of hydrogen-bond acceptors (Lipinski definition) is 2. The molecule has 1 unspecified atom stereocenters. The van der Waals surface area contributed by atoms with Crippen molar-refractivity contribution < 1.29 is 9.90 Å². The molecule has 2 aromatic rings. The summed E-state index contributed by atoms with van der Waals surface area (Å²) < 4.78 is 0. The van der Waals surface area contributed by atoms with Gasteiger partial charge in [0, 0.05) is 10.7 Å². The number of aryl methyl sites for hydroxylation is 1. The van der Waals surface area contributed by atoms with Crippen LogP contribution < -0.4 is 5.32 Å². The van der Waals surface area contributed by atoms with Gasteiger partial charge in [-0.05, 0) is 43.7 Å². The minimum absolute atomic E-state index is 0.515. The zero-order chi connectivity index (χ0) is 14.8. The van der Waals surface area contributed by atoms with Crippen molar-refractivity contribution in [3.05, 3.63) is 64.7 Å². The molecule has 0 spiro atoms. The number of carbonyl (C=O) groups is 1. The third-order valence-electron chi connectivity index (χ3n) is 3.28. The third kappa shape index (κ3) is 2.94. The van der Waals surface area contributed by atoms with Crippen LogP contribution in [0.4, 0.5) is 5.69 Å². The number of benzene rings is 2. The molecule has 0 saturated carbocycles. The molecule has 0 radical (unpaired) electrons. The summed E-state index contributed by atoms with van der Waals surface area (Å²) in [6.07, 6.45) is 0. The lowest BCUT2D eigenvalue weighted by Gasteiger charge is -2.28. The Morgan fingerprint density at radius 2 is 1.85 bits per heavy atom. The van der Waals surface area contributed by atoms with Crippen LogP contribution in [-0.2, 0) is 10.3 Å². The fourth-order valence-electron chi connectivity index (χ4n) is 1.97. The lowest BCUT2D eigenvalue weighted by molar-refractivity contribution is -0.142. The fourth-order valence-corrected chi connectivity index (χ4v) is 2.16. The van der Waals surface area contributed by atoms with E-state index in [1.165, 1.54) is 0 Å². The van der Waals surface area contributed by atoms with E-state index in [1.807, 2.05) is 31.2 Å². The second kappa shape index (κ2) is 5.55. The van der Waals surface area contributed by atoms with E-state index in [-0.39, 0.29) is 0 Å². The van der Waals surface area contributed by atoms with E-state index in [0.29, 0.717) is 10.6 Å². The van der Waals surface area contributed by atoms with Crippen LogP contribution in [0.25, 0.3) is 0 Å². The Balaban J connectivity index is 2.39. The standard InChI is InChI=1S/C16H16ClNO2/c1-11-6-8-14(9-7-11)18-16(2,15(19)20)12-4-3-5-13(17)10-12/h3-10,18H,1-2H3,(H,19,20). The van der Waals surface area contributed by atoms with Gasteiger partial charge in [0.15, 0.2) is 5.54 Å². The summed E-state index contributed by atoms with van der Waals surface area (Å²) in [6.45, 7) is 3.61. The number of hydrogen-bond donors (Lipinski definition) is 2. The molecule has 0 aliphatic rings. The van der Waals surface area contributed by atoms with E-state index in [0.717, 1.165) is 11.3 Å². The summed E-state index contributed by atoms with van der Waals surface area (Å²) in [5.41, 5.74) is 1.24. The van der Waals surface area contributed by atoms with Crippen molar-refractivity contribution in [2.75, 3.05) is 5.32 Å². The van der Waals surface area contributed by atoms with Crippen LogP contribution in [0.15, 0.2) is 48.5 Å². The molecule has 2 N–H and O–H groups in total. The predicted molar refractivity (Wildman–Crippen MR) is 81.2 cm³/mol. The molecular weight excluding hydrogens is 274 g/mol. The van der Waals surface area contributed by atoms with Crippen molar-refractivity contribution in [1.29, 1.82) is 0 Å². The zero-order valence-corrected chi connectivity index (χ0v) is 12.1. The first-order valence-corrected chi connectivity index (χ1v) is 6.64. The van der Waals surface area contributed by atoms with Crippen molar-refractivity contribution >= 4 is 23.3 Å². The number of anilines is 1. The van der Waals surface area contributed by atoms with Gasteiger partial charge in [-0.1, -0.05) is 41.4 Å². The number of carboxylic acid groups (broad SMARTS) is 1. The molecule has 0 saturated heterocycles. The number of nitrogens with one attached hydrogen (secondary N) is 1. The molecule has 2 aromatic carbocycles. The van der Waals surface area contributed by atoms with E-state index in [2.05, 4.69) is 5.32 Å². The van der Waals surface area contributed by atoms with Crippen LogP contribution in [0.3, 0.4) is 0 Å². The largest absolute Gasteiger partial charge is 0.479 e. The molecule has 2 rings (SSSR count). The number of carboxylic acids is 1. The lowest BCUT2D eigenvalue weighted by atomic mass is 9.91. The summed E-state index contributed by atoms with van der Waals surface area (Å²) in [5, 5.41) is 13.2. The van der Waals surface area contributed by atoms with Crippen molar-refractivity contribution in [2.45, 2.75) is 19.4 Å². The van der Waals surface area contributed by atoms with Gasteiger partial charge >= 0.3 is 5.97 Å². The topological polar surface area (TPSA) is 49.3 Å². The molecule has 0 amide bonds. The monoisotopic (exact) mass is 289 g/mol. The van der Waals surface area contributed by atoms with Crippen molar-refractivity contribution in [3.63, 3.8) is 0 Å². The van der Waals surface area contributed by atoms with E-state index >= 15 is 0 Å². The maximum Gasteiger partial charge on any atom is 0.333 e. The first-order chi connectivity index (χ1) is 9.41. The Kier molecular flexibility index (Phi) is 4.00. The van der Waals surface area contributed by atoms with Gasteiger partial charge in [-0.2, -0.15) is 0 Å². The SMILES string of the molecule is Cc1ccc(NC(C)(C(=O)O)c2cccc(Cl)c2)cc1. The zero-order valence-electron chi connectivity index (χ0n) is 11.4. The molecule has 0 bridgehead atoms. The van der Waals surface area contributed by atoms with Crippen LogP contribution in [0.5, 0.6) is 0 Å². The Labute approximate surface area is 123 Å². The summed E-state index contributed by atoms with van der Waals surface area (Å²) in [5.74, 6) is -0.958. The normalized spacial score (nSPS) is 13.6. The molecule has 0 aliphatic heterocycles. The summed E-state index contributed by atoms with van der Waals surface area (Å²) in [4.78, 5) is 11.7. The van der Waals surface area contributed by atoms with Crippen LogP contribution in [0, 0.1) is 6.92 Å². The highest BCUT2D eigenvalue weighted by Gasteiger charge is 2.35. The number of rotatable bonds is 4. The quantitative estimate of drug-likeness (QED) is 0.892. The highest BCUT2D eigenvalue weighted by Crippen LogP contribution is 2.28. The van der Waals surface area contributed by atoms with Gasteiger partial charge in [0.25, 0.3) is 0 Å². The van der Waals surface area contributed by atoms with Gasteiger partial charge in [0.1, 0.15) is 0 Å². The molecule has 0 aliphatic carbocycles. The van der Waals surface area contributed by atoms with Crippen LogP contribution in [0.2, 0.25) is 5.02 Å². The predicted octanol–water partition coefficient (Wildman–Crippen LogP) is 4.06. The van der Waals surface area contributed by atoms with Crippen LogP contribution in [0.1, 0.15) is 18.1 Å². The molecule has 20 heavy (non-hydrogen) atoms. The Morgan fingerprint density at radius 1 is 1.20 bits per heavy atom. The summed E-state index contributed by atoms with van der Waals surface area (Å²) >= 11 is 5.96. The minimum atomic E-state index is -1.24. The van der Waals surface area contributed by atoms with Crippen LogP contribution in [-0.4, -0.2) is 11.1 Å². The minimum Gasteiger partial charge on any atom is -0.479 e. The second-order valence-corrected chi connectivity index (χ2v) is 5.37. The Bertz CT molecular complexity index is 625. The van der Waals surface area contributed by atoms with Gasteiger partial charge in [-0.25, -0.2) is 4.79 Å². The van der Waals surface area contributed by atoms with E-state index in [1.54, 1.807) is 31.2 Å². The van der Waals surface area contributed by atoms with E-state index in [4.69, 9.17) is 11.6 Å². The van der Waals surface area contributed by atoms with Gasteiger partial charge in [-0.3, -0.25) is 0 Å². The molecule has 104 valence electrons. The lowest BCUT2D eigenvalue weighted by Crippen LogP contribution is -2.40. The van der Waals surface area contributed by atoms with Crippen molar-refractivity contribution in [2.24, 2.45) is 0 Å². The molecule has 0 heterocycles. The molecule has 0 fully saturated rings. The smallest absolute Gasteiger partial charge is 0.333 e. The third-order valence-corrected chi connectivity index (χ3v) is 3.51. The summed E-state index contributed by atoms with van der Waals surface area (Å²) in [6, 6.07) is 14.5. The molecule has 0 aromatic heterocycles. The molecule has 1 atom stereocenters. The van der Waals surface area contributed by atoms with E-state index < -0.39 is 11.5 Å². The van der Waals surface area contributed by atoms with Crippen molar-refractivity contribution in [3.8, 4) is 0 Å². The highest BCUT2D eigenvalue weighted by molar-refractivity contribution is 6.30. The first kappa shape index (κ1) is 14.4. The molecule has 4 heteroatoms. The van der Waals surface area contributed by atoms with E-state index in [9.17, 15) is 9.90 Å². The second-order valence-electron chi connectivity index (χ2n) is 4.93.